The second-order valence-electron chi connectivity index (χ2n) is 3.60. The number of alkyl halides is 2. The smallest absolute Gasteiger partial charge is 0.387 e. The van der Waals surface area contributed by atoms with E-state index in [1.165, 1.54) is 0 Å². The molecule has 2 rings (SSSR count). The van der Waals surface area contributed by atoms with Gasteiger partial charge in [0.15, 0.2) is 0 Å². The zero-order valence-corrected chi connectivity index (χ0v) is 8.37. The lowest BCUT2D eigenvalue weighted by atomic mass is 10.1. The van der Waals surface area contributed by atoms with E-state index in [9.17, 15) is 8.78 Å². The molecular weight excluding hydrogens is 202 g/mol. The molecule has 0 heterocycles. The van der Waals surface area contributed by atoms with Gasteiger partial charge in [0, 0.05) is 7.11 Å². The maximum absolute atomic E-state index is 11.9. The molecule has 4 heteroatoms. The Kier molecular flexibility index (Phi) is 2.61. The van der Waals surface area contributed by atoms with Crippen molar-refractivity contribution in [2.75, 3.05) is 7.11 Å². The summed E-state index contributed by atoms with van der Waals surface area (Å²) in [4.78, 5) is 0. The Morgan fingerprint density at radius 1 is 1.20 bits per heavy atom. The Balaban J connectivity index is 2.10. The molecule has 82 valence electrons. The molecule has 0 aromatic heterocycles. The third-order valence-electron chi connectivity index (χ3n) is 2.70. The second kappa shape index (κ2) is 3.77. The van der Waals surface area contributed by atoms with E-state index in [0.29, 0.717) is 0 Å². The zero-order valence-electron chi connectivity index (χ0n) is 8.37. The van der Waals surface area contributed by atoms with Gasteiger partial charge < -0.3 is 9.47 Å². The maximum atomic E-state index is 11.9. The van der Waals surface area contributed by atoms with E-state index in [1.807, 2.05) is 0 Å². The van der Waals surface area contributed by atoms with Crippen LogP contribution in [0, 0.1) is 0 Å². The summed E-state index contributed by atoms with van der Waals surface area (Å²) in [5, 5.41) is 0. The third kappa shape index (κ3) is 2.09. The van der Waals surface area contributed by atoms with Crippen LogP contribution in [0.25, 0.3) is 0 Å². The summed E-state index contributed by atoms with van der Waals surface area (Å²) in [5.41, 5.74) is 0.843. The fourth-order valence-corrected chi connectivity index (χ4v) is 1.66. The minimum atomic E-state index is -2.77. The fourth-order valence-electron chi connectivity index (χ4n) is 1.66. The molecule has 0 aliphatic heterocycles. The van der Waals surface area contributed by atoms with Crippen LogP contribution in [0.2, 0.25) is 0 Å². The van der Waals surface area contributed by atoms with Crippen molar-refractivity contribution in [3.8, 4) is 5.75 Å². The summed E-state index contributed by atoms with van der Waals surface area (Å²) in [6.45, 7) is -2.77. The molecule has 15 heavy (non-hydrogen) atoms. The third-order valence-corrected chi connectivity index (χ3v) is 2.70. The van der Waals surface area contributed by atoms with E-state index in [-0.39, 0.29) is 11.4 Å². The molecule has 1 aliphatic rings. The monoisotopic (exact) mass is 214 g/mol. The minimum absolute atomic E-state index is 0.177. The van der Waals surface area contributed by atoms with Crippen molar-refractivity contribution in [1.29, 1.82) is 0 Å². The van der Waals surface area contributed by atoms with Crippen LogP contribution in [0.3, 0.4) is 0 Å². The maximum Gasteiger partial charge on any atom is 0.387 e. The van der Waals surface area contributed by atoms with E-state index in [1.54, 1.807) is 31.4 Å². The van der Waals surface area contributed by atoms with Gasteiger partial charge in [-0.1, -0.05) is 12.1 Å². The van der Waals surface area contributed by atoms with E-state index >= 15 is 0 Å². The number of hydrogen-bond acceptors (Lipinski definition) is 2. The van der Waals surface area contributed by atoms with Crippen molar-refractivity contribution in [3.05, 3.63) is 29.8 Å². The molecule has 1 aromatic rings. The lowest BCUT2D eigenvalue weighted by molar-refractivity contribution is -0.0498. The normalized spacial score (nSPS) is 17.9. The van der Waals surface area contributed by atoms with Gasteiger partial charge in [0.1, 0.15) is 5.75 Å². The predicted molar refractivity (Wildman–Crippen MR) is 51.0 cm³/mol. The van der Waals surface area contributed by atoms with Crippen LogP contribution in [0.15, 0.2) is 24.3 Å². The average Bonchev–Trinajstić information content (AvgIpc) is 2.99. The highest BCUT2D eigenvalue weighted by Crippen LogP contribution is 2.48. The van der Waals surface area contributed by atoms with Crippen LogP contribution >= 0.6 is 0 Å². The van der Waals surface area contributed by atoms with Crippen molar-refractivity contribution in [2.24, 2.45) is 0 Å². The molecule has 0 atom stereocenters. The number of benzene rings is 1. The Labute approximate surface area is 86.8 Å². The average molecular weight is 214 g/mol. The molecule has 1 aliphatic carbocycles. The summed E-state index contributed by atoms with van der Waals surface area (Å²) in [7, 11) is 1.66. The second-order valence-corrected chi connectivity index (χ2v) is 3.60. The van der Waals surface area contributed by atoms with E-state index in [0.717, 1.165) is 18.4 Å². The Bertz CT molecular complexity index is 331. The number of halogens is 2. The van der Waals surface area contributed by atoms with E-state index < -0.39 is 6.61 Å². The molecule has 1 saturated carbocycles. The molecule has 0 radical (unpaired) electrons. The van der Waals surface area contributed by atoms with Gasteiger partial charge in [0.2, 0.25) is 0 Å². The summed E-state index contributed by atoms with van der Waals surface area (Å²) in [5.74, 6) is 0.181. The first-order chi connectivity index (χ1) is 7.16. The highest BCUT2D eigenvalue weighted by Gasteiger charge is 2.44. The molecule has 1 aromatic carbocycles. The number of rotatable bonds is 4. The Hall–Kier alpha value is -1.16. The van der Waals surface area contributed by atoms with Crippen LogP contribution in [-0.4, -0.2) is 13.7 Å². The quantitative estimate of drug-likeness (QED) is 0.767. The summed E-state index contributed by atoms with van der Waals surface area (Å²) < 4.78 is 33.4. The fraction of sp³-hybridized carbons (Fsp3) is 0.455. The number of methoxy groups -OCH3 is 1. The molecule has 0 unspecified atom stereocenters. The molecular formula is C11H12F2O2. The van der Waals surface area contributed by atoms with Crippen molar-refractivity contribution >= 4 is 0 Å². The van der Waals surface area contributed by atoms with Gasteiger partial charge >= 0.3 is 6.61 Å². The van der Waals surface area contributed by atoms with Crippen molar-refractivity contribution in [2.45, 2.75) is 25.1 Å². The molecule has 0 bridgehead atoms. The molecule has 0 saturated heterocycles. The lowest BCUT2D eigenvalue weighted by Crippen LogP contribution is -2.08. The first kappa shape index (κ1) is 10.4. The van der Waals surface area contributed by atoms with Gasteiger partial charge in [-0.15, -0.1) is 0 Å². The Morgan fingerprint density at radius 3 is 2.20 bits per heavy atom. The van der Waals surface area contributed by atoms with Gasteiger partial charge in [-0.25, -0.2) is 0 Å². The van der Waals surface area contributed by atoms with Gasteiger partial charge in [0.05, 0.1) is 5.60 Å². The van der Waals surface area contributed by atoms with Crippen LogP contribution in [0.4, 0.5) is 8.78 Å². The van der Waals surface area contributed by atoms with Crippen LogP contribution in [0.5, 0.6) is 5.75 Å². The Morgan fingerprint density at radius 2 is 1.80 bits per heavy atom. The predicted octanol–water partition coefficient (Wildman–Crippen LogP) is 2.92. The van der Waals surface area contributed by atoms with Gasteiger partial charge in [0.25, 0.3) is 0 Å². The van der Waals surface area contributed by atoms with Crippen molar-refractivity contribution in [3.63, 3.8) is 0 Å². The first-order valence-corrected chi connectivity index (χ1v) is 4.77. The molecule has 0 N–H and O–H groups in total. The number of ether oxygens (including phenoxy) is 2. The number of hydrogen-bond donors (Lipinski definition) is 0. The zero-order chi connectivity index (χ0) is 10.9. The van der Waals surface area contributed by atoms with E-state index in [4.69, 9.17) is 4.74 Å². The molecule has 1 fully saturated rings. The standard InChI is InChI=1S/C11H12F2O2/c1-14-11(6-7-11)8-2-4-9(5-3-8)15-10(12)13/h2-5,10H,6-7H2,1H3. The van der Waals surface area contributed by atoms with Crippen molar-refractivity contribution < 1.29 is 18.3 Å². The van der Waals surface area contributed by atoms with Crippen molar-refractivity contribution in [1.82, 2.24) is 0 Å². The highest BCUT2D eigenvalue weighted by atomic mass is 19.3. The molecule has 0 spiro atoms. The molecule has 0 amide bonds. The van der Waals surface area contributed by atoms with Crippen LogP contribution in [0.1, 0.15) is 18.4 Å². The summed E-state index contributed by atoms with van der Waals surface area (Å²) in [6, 6.07) is 6.63. The van der Waals surface area contributed by atoms with Gasteiger partial charge in [-0.05, 0) is 30.5 Å². The van der Waals surface area contributed by atoms with Crippen LogP contribution < -0.4 is 4.74 Å². The summed E-state index contributed by atoms with van der Waals surface area (Å²) >= 11 is 0. The first-order valence-electron chi connectivity index (χ1n) is 4.77. The highest BCUT2D eigenvalue weighted by molar-refractivity contribution is 5.33. The lowest BCUT2D eigenvalue weighted by Gasteiger charge is -2.14. The SMILES string of the molecule is COC1(c2ccc(OC(F)F)cc2)CC1. The van der Waals surface area contributed by atoms with Crippen LogP contribution in [-0.2, 0) is 10.3 Å². The van der Waals surface area contributed by atoms with Gasteiger partial charge in [-0.3, -0.25) is 0 Å². The van der Waals surface area contributed by atoms with Gasteiger partial charge in [-0.2, -0.15) is 8.78 Å². The largest absolute Gasteiger partial charge is 0.435 e. The summed E-state index contributed by atoms with van der Waals surface area (Å²) in [6.07, 6.45) is 1.97. The van der Waals surface area contributed by atoms with E-state index in [2.05, 4.69) is 4.74 Å². The molecule has 2 nitrogen and oxygen atoms in total. The minimum Gasteiger partial charge on any atom is -0.435 e. The topological polar surface area (TPSA) is 18.5 Å².